The molecule has 2 N–H and O–H groups in total. The van der Waals surface area contributed by atoms with E-state index in [9.17, 15) is 4.79 Å². The molecule has 2 heterocycles. The first-order valence-corrected chi connectivity index (χ1v) is 7.28. The zero-order chi connectivity index (χ0) is 14.1. The number of hydrogen-bond donors (Lipinski definition) is 1. The van der Waals surface area contributed by atoms with Gasteiger partial charge in [0.05, 0.1) is 0 Å². The summed E-state index contributed by atoms with van der Waals surface area (Å²) in [6, 6.07) is 7.73. The topological polar surface area (TPSA) is 64.2 Å². The summed E-state index contributed by atoms with van der Waals surface area (Å²) in [7, 11) is 0. The van der Waals surface area contributed by atoms with E-state index in [4.69, 9.17) is 5.73 Å². The molecule has 0 bridgehead atoms. The second kappa shape index (κ2) is 5.38. The van der Waals surface area contributed by atoms with Gasteiger partial charge in [-0.3, -0.25) is 9.36 Å². The molecule has 1 aliphatic rings. The van der Waals surface area contributed by atoms with Crippen LogP contribution in [0, 0.1) is 0 Å². The molecular weight excluding hydrogens is 320 g/mol. The third-order valence-corrected chi connectivity index (χ3v) is 3.98. The zero-order valence-corrected chi connectivity index (χ0v) is 12.5. The lowest BCUT2D eigenvalue weighted by molar-refractivity contribution is 0.750. The van der Waals surface area contributed by atoms with Gasteiger partial charge < -0.3 is 10.6 Å². The average molecular weight is 335 g/mol. The summed E-state index contributed by atoms with van der Waals surface area (Å²) < 4.78 is 2.59. The van der Waals surface area contributed by atoms with Gasteiger partial charge >= 0.3 is 0 Å². The van der Waals surface area contributed by atoms with E-state index in [1.165, 1.54) is 0 Å². The van der Waals surface area contributed by atoms with Crippen molar-refractivity contribution in [3.05, 3.63) is 51.5 Å². The summed E-state index contributed by atoms with van der Waals surface area (Å²) in [5.74, 6) is 0.475. The Kier molecular flexibility index (Phi) is 3.58. The molecule has 3 rings (SSSR count). The van der Waals surface area contributed by atoms with E-state index in [0.29, 0.717) is 12.4 Å². The molecule has 5 nitrogen and oxygen atoms in total. The van der Waals surface area contributed by atoms with Crippen LogP contribution in [-0.4, -0.2) is 28.7 Å². The molecule has 20 heavy (non-hydrogen) atoms. The molecule has 1 atom stereocenters. The zero-order valence-electron chi connectivity index (χ0n) is 10.9. The van der Waals surface area contributed by atoms with Gasteiger partial charge in [-0.15, -0.1) is 0 Å². The van der Waals surface area contributed by atoms with Crippen LogP contribution in [0.1, 0.15) is 6.42 Å². The molecule has 6 heteroatoms. The fraction of sp³-hybridized carbons (Fsp3) is 0.286. The van der Waals surface area contributed by atoms with Crippen molar-refractivity contribution in [3.8, 4) is 5.69 Å². The van der Waals surface area contributed by atoms with Crippen molar-refractivity contribution >= 4 is 21.7 Å². The summed E-state index contributed by atoms with van der Waals surface area (Å²) in [6.45, 7) is 1.47. The van der Waals surface area contributed by atoms with Crippen molar-refractivity contribution in [1.82, 2.24) is 9.55 Å². The van der Waals surface area contributed by atoms with Gasteiger partial charge in [0.15, 0.2) is 5.82 Å². The predicted octanol–water partition coefficient (Wildman–Crippen LogP) is 1.53. The highest BCUT2D eigenvalue weighted by molar-refractivity contribution is 9.10. The maximum atomic E-state index is 12.6. The maximum absolute atomic E-state index is 12.6. The third kappa shape index (κ3) is 2.48. The first-order chi connectivity index (χ1) is 9.65. The van der Waals surface area contributed by atoms with Crippen LogP contribution in [0.4, 0.5) is 5.82 Å². The molecule has 0 amide bonds. The number of nitrogens with two attached hydrogens (primary N) is 1. The minimum atomic E-state index is -0.107. The molecule has 1 aromatic heterocycles. The van der Waals surface area contributed by atoms with E-state index in [0.717, 1.165) is 23.1 Å². The maximum Gasteiger partial charge on any atom is 0.298 e. The Morgan fingerprint density at radius 3 is 2.70 bits per heavy atom. The number of rotatable bonds is 2. The highest BCUT2D eigenvalue weighted by Crippen LogP contribution is 2.16. The number of anilines is 1. The molecule has 1 aliphatic heterocycles. The smallest absolute Gasteiger partial charge is 0.298 e. The van der Waals surface area contributed by atoms with Crippen LogP contribution in [0.25, 0.3) is 5.69 Å². The second-order valence-corrected chi connectivity index (χ2v) is 5.81. The highest BCUT2D eigenvalue weighted by atomic mass is 79.9. The van der Waals surface area contributed by atoms with Gasteiger partial charge in [0, 0.05) is 41.7 Å². The number of halogens is 1. The van der Waals surface area contributed by atoms with Gasteiger partial charge in [0.25, 0.3) is 5.56 Å². The molecule has 0 aliphatic carbocycles. The Bertz CT molecular complexity index is 668. The Morgan fingerprint density at radius 1 is 1.30 bits per heavy atom. The monoisotopic (exact) mass is 334 g/mol. The normalized spacial score (nSPS) is 18.5. The lowest BCUT2D eigenvalue weighted by atomic mass is 10.3. The SMILES string of the molecule is NC1CCN(c2nccn(-c3ccc(Br)cc3)c2=O)C1. The van der Waals surface area contributed by atoms with E-state index in [2.05, 4.69) is 20.9 Å². The van der Waals surface area contributed by atoms with Crippen LogP contribution in [0.3, 0.4) is 0 Å². The summed E-state index contributed by atoms with van der Waals surface area (Å²) in [4.78, 5) is 18.7. The second-order valence-electron chi connectivity index (χ2n) is 4.90. The molecule has 0 radical (unpaired) electrons. The van der Waals surface area contributed by atoms with Gasteiger partial charge in [-0.2, -0.15) is 0 Å². The fourth-order valence-electron chi connectivity index (χ4n) is 2.40. The molecule has 0 saturated carbocycles. The van der Waals surface area contributed by atoms with Crippen molar-refractivity contribution in [2.24, 2.45) is 5.73 Å². The molecule has 104 valence electrons. The lowest BCUT2D eigenvalue weighted by Crippen LogP contribution is -2.33. The third-order valence-electron chi connectivity index (χ3n) is 3.45. The minimum Gasteiger partial charge on any atom is -0.350 e. The summed E-state index contributed by atoms with van der Waals surface area (Å²) in [5.41, 5.74) is 6.61. The van der Waals surface area contributed by atoms with Crippen LogP contribution in [0.2, 0.25) is 0 Å². The number of aromatic nitrogens is 2. The molecule has 1 aromatic carbocycles. The van der Waals surface area contributed by atoms with E-state index in [1.807, 2.05) is 29.2 Å². The van der Waals surface area contributed by atoms with E-state index < -0.39 is 0 Å². The molecule has 0 spiro atoms. The van der Waals surface area contributed by atoms with Crippen molar-refractivity contribution in [1.29, 1.82) is 0 Å². The minimum absolute atomic E-state index is 0.107. The van der Waals surface area contributed by atoms with Crippen LogP contribution in [-0.2, 0) is 0 Å². The van der Waals surface area contributed by atoms with E-state index in [-0.39, 0.29) is 11.6 Å². The van der Waals surface area contributed by atoms with Crippen molar-refractivity contribution < 1.29 is 0 Å². The van der Waals surface area contributed by atoms with Crippen molar-refractivity contribution in [2.75, 3.05) is 18.0 Å². The predicted molar refractivity (Wildman–Crippen MR) is 82.3 cm³/mol. The first-order valence-electron chi connectivity index (χ1n) is 6.49. The number of benzene rings is 1. The van der Waals surface area contributed by atoms with E-state index >= 15 is 0 Å². The molecule has 2 aromatic rings. The highest BCUT2D eigenvalue weighted by Gasteiger charge is 2.23. The summed E-state index contributed by atoms with van der Waals surface area (Å²) >= 11 is 3.39. The first kappa shape index (κ1) is 13.3. The quantitative estimate of drug-likeness (QED) is 0.904. The van der Waals surface area contributed by atoms with Crippen molar-refractivity contribution in [2.45, 2.75) is 12.5 Å². The lowest BCUT2D eigenvalue weighted by Gasteiger charge is -2.17. The molecule has 1 fully saturated rings. The fourth-order valence-corrected chi connectivity index (χ4v) is 2.67. The molecular formula is C14H15BrN4O. The van der Waals surface area contributed by atoms with Gasteiger partial charge in [-0.1, -0.05) is 15.9 Å². The Morgan fingerprint density at radius 2 is 2.05 bits per heavy atom. The Hall–Kier alpha value is -1.66. The van der Waals surface area contributed by atoms with Gasteiger partial charge in [0.1, 0.15) is 0 Å². The van der Waals surface area contributed by atoms with E-state index in [1.54, 1.807) is 17.0 Å². The number of hydrogen-bond acceptors (Lipinski definition) is 4. The average Bonchev–Trinajstić information content (AvgIpc) is 2.87. The van der Waals surface area contributed by atoms with Crippen LogP contribution in [0.5, 0.6) is 0 Å². The van der Waals surface area contributed by atoms with Gasteiger partial charge in [-0.05, 0) is 30.7 Å². The van der Waals surface area contributed by atoms with Crippen molar-refractivity contribution in [3.63, 3.8) is 0 Å². The van der Waals surface area contributed by atoms with Crippen LogP contribution in [0.15, 0.2) is 45.9 Å². The molecule has 1 unspecified atom stereocenters. The largest absolute Gasteiger partial charge is 0.350 e. The molecule has 1 saturated heterocycles. The standard InChI is InChI=1S/C14H15BrN4O/c15-10-1-3-12(4-2-10)19-8-6-17-13(14(19)20)18-7-5-11(16)9-18/h1-4,6,8,11H,5,7,9,16H2. The summed E-state index contributed by atoms with van der Waals surface area (Å²) in [5, 5.41) is 0. The van der Waals surface area contributed by atoms with Gasteiger partial charge in [0.2, 0.25) is 0 Å². The Balaban J connectivity index is 2.01. The Labute approximate surface area is 125 Å². The van der Waals surface area contributed by atoms with Crippen LogP contribution >= 0.6 is 15.9 Å². The van der Waals surface area contributed by atoms with Crippen LogP contribution < -0.4 is 16.2 Å². The van der Waals surface area contributed by atoms with Gasteiger partial charge in [-0.25, -0.2) is 4.98 Å². The summed E-state index contributed by atoms with van der Waals surface area (Å²) in [6.07, 6.45) is 4.24. The number of nitrogens with zero attached hydrogens (tertiary/aromatic N) is 3.